The second-order valence-corrected chi connectivity index (χ2v) is 5.20. The van der Waals surface area contributed by atoms with E-state index in [2.05, 4.69) is 35.1 Å². The van der Waals surface area contributed by atoms with E-state index in [-0.39, 0.29) is 0 Å². The zero-order valence-electron chi connectivity index (χ0n) is 13.0. The number of piperazine rings is 1. The fraction of sp³-hybridized carbons (Fsp3) is 0.467. The highest BCUT2D eigenvalue weighted by Crippen LogP contribution is 2.18. The molecule has 0 aromatic carbocycles. The lowest BCUT2D eigenvalue weighted by molar-refractivity contribution is 0.639. The molecule has 7 nitrogen and oxygen atoms in total. The van der Waals surface area contributed by atoms with Crippen molar-refractivity contribution < 1.29 is 0 Å². The lowest BCUT2D eigenvalue weighted by atomic mass is 10.3. The van der Waals surface area contributed by atoms with Gasteiger partial charge in [-0.3, -0.25) is 0 Å². The van der Waals surface area contributed by atoms with Crippen LogP contribution < -0.4 is 15.1 Å². The molecule has 3 heterocycles. The standard InChI is InChI=1S/C15H21N7/c1-3-16-15-18-7-5-14(20-15)22-10-8-21(9-11-22)13-4-6-17-12(2)19-13/h4-7H,3,8-11H2,1-2H3,(H,16,18,20). The Morgan fingerprint density at radius 1 is 0.955 bits per heavy atom. The third-order valence-electron chi connectivity index (χ3n) is 3.66. The van der Waals surface area contributed by atoms with E-state index in [4.69, 9.17) is 0 Å². The van der Waals surface area contributed by atoms with Crippen LogP contribution in [0.2, 0.25) is 0 Å². The van der Waals surface area contributed by atoms with E-state index in [1.165, 1.54) is 0 Å². The van der Waals surface area contributed by atoms with E-state index in [1.807, 2.05) is 32.2 Å². The molecule has 2 aromatic heterocycles. The molecule has 7 heteroatoms. The number of nitrogens with one attached hydrogen (secondary N) is 1. The van der Waals surface area contributed by atoms with E-state index in [1.54, 1.807) is 6.20 Å². The fourth-order valence-electron chi connectivity index (χ4n) is 2.55. The van der Waals surface area contributed by atoms with Gasteiger partial charge >= 0.3 is 0 Å². The summed E-state index contributed by atoms with van der Waals surface area (Å²) in [4.78, 5) is 22.0. The number of nitrogens with zero attached hydrogens (tertiary/aromatic N) is 6. The van der Waals surface area contributed by atoms with Gasteiger partial charge in [-0.15, -0.1) is 0 Å². The first-order chi connectivity index (χ1) is 10.8. The Morgan fingerprint density at radius 2 is 1.55 bits per heavy atom. The zero-order valence-corrected chi connectivity index (χ0v) is 13.0. The molecule has 0 saturated carbocycles. The Hall–Kier alpha value is -2.44. The summed E-state index contributed by atoms with van der Waals surface area (Å²) in [6.07, 6.45) is 3.62. The van der Waals surface area contributed by atoms with Gasteiger partial charge in [0.15, 0.2) is 0 Å². The quantitative estimate of drug-likeness (QED) is 0.913. The summed E-state index contributed by atoms with van der Waals surface area (Å²) < 4.78 is 0. The van der Waals surface area contributed by atoms with E-state index in [9.17, 15) is 0 Å². The van der Waals surface area contributed by atoms with Crippen molar-refractivity contribution in [2.24, 2.45) is 0 Å². The maximum Gasteiger partial charge on any atom is 0.224 e. The average Bonchev–Trinajstić information content (AvgIpc) is 2.56. The van der Waals surface area contributed by atoms with Gasteiger partial charge in [-0.1, -0.05) is 0 Å². The van der Waals surface area contributed by atoms with Crippen LogP contribution in [0, 0.1) is 6.92 Å². The number of rotatable bonds is 4. The second kappa shape index (κ2) is 6.55. The normalized spacial score (nSPS) is 15.0. The first kappa shape index (κ1) is 14.5. The third-order valence-corrected chi connectivity index (χ3v) is 3.66. The van der Waals surface area contributed by atoms with Gasteiger partial charge in [-0.05, 0) is 26.0 Å². The monoisotopic (exact) mass is 299 g/mol. The first-order valence-electron chi connectivity index (χ1n) is 7.62. The van der Waals surface area contributed by atoms with Crippen LogP contribution in [0.4, 0.5) is 17.6 Å². The smallest absolute Gasteiger partial charge is 0.224 e. The van der Waals surface area contributed by atoms with Gasteiger partial charge < -0.3 is 15.1 Å². The lowest BCUT2D eigenvalue weighted by Gasteiger charge is -2.36. The Kier molecular flexibility index (Phi) is 4.32. The summed E-state index contributed by atoms with van der Waals surface area (Å²) in [7, 11) is 0. The molecule has 1 aliphatic heterocycles. The van der Waals surface area contributed by atoms with Gasteiger partial charge in [0, 0.05) is 45.1 Å². The highest BCUT2D eigenvalue weighted by Gasteiger charge is 2.19. The van der Waals surface area contributed by atoms with Gasteiger partial charge in [0.1, 0.15) is 17.5 Å². The van der Waals surface area contributed by atoms with Crippen molar-refractivity contribution in [3.63, 3.8) is 0 Å². The number of aryl methyl sites for hydroxylation is 1. The highest BCUT2D eigenvalue weighted by atomic mass is 15.3. The van der Waals surface area contributed by atoms with Gasteiger partial charge in [0.2, 0.25) is 5.95 Å². The van der Waals surface area contributed by atoms with Gasteiger partial charge in [0.25, 0.3) is 0 Å². The topological polar surface area (TPSA) is 70.1 Å². The minimum Gasteiger partial charge on any atom is -0.354 e. The Labute approximate surface area is 130 Å². The molecule has 0 bridgehead atoms. The lowest BCUT2D eigenvalue weighted by Crippen LogP contribution is -2.47. The van der Waals surface area contributed by atoms with Crippen molar-refractivity contribution in [2.45, 2.75) is 13.8 Å². The van der Waals surface area contributed by atoms with Crippen molar-refractivity contribution in [3.05, 3.63) is 30.4 Å². The van der Waals surface area contributed by atoms with Crippen LogP contribution in [-0.4, -0.2) is 52.7 Å². The molecule has 0 radical (unpaired) electrons. The minimum atomic E-state index is 0.689. The molecule has 0 aliphatic carbocycles. The fourth-order valence-corrected chi connectivity index (χ4v) is 2.55. The summed E-state index contributed by atoms with van der Waals surface area (Å²) in [5.74, 6) is 3.48. The molecule has 1 aliphatic rings. The molecular formula is C15H21N7. The van der Waals surface area contributed by atoms with E-state index in [0.29, 0.717) is 5.95 Å². The van der Waals surface area contributed by atoms with Gasteiger partial charge in [-0.2, -0.15) is 4.98 Å². The van der Waals surface area contributed by atoms with Crippen LogP contribution in [0.3, 0.4) is 0 Å². The summed E-state index contributed by atoms with van der Waals surface area (Å²) in [6, 6.07) is 3.93. The van der Waals surface area contributed by atoms with E-state index in [0.717, 1.165) is 50.2 Å². The van der Waals surface area contributed by atoms with Crippen molar-refractivity contribution in [3.8, 4) is 0 Å². The highest BCUT2D eigenvalue weighted by molar-refractivity contribution is 5.46. The first-order valence-corrected chi connectivity index (χ1v) is 7.62. The molecule has 22 heavy (non-hydrogen) atoms. The number of anilines is 3. The van der Waals surface area contributed by atoms with Crippen LogP contribution in [0.15, 0.2) is 24.5 Å². The molecule has 1 fully saturated rings. The maximum absolute atomic E-state index is 4.56. The minimum absolute atomic E-state index is 0.689. The molecule has 0 atom stereocenters. The van der Waals surface area contributed by atoms with Crippen LogP contribution in [-0.2, 0) is 0 Å². The number of hydrogen-bond acceptors (Lipinski definition) is 7. The van der Waals surface area contributed by atoms with Crippen molar-refractivity contribution in [1.29, 1.82) is 0 Å². The van der Waals surface area contributed by atoms with Crippen LogP contribution in [0.25, 0.3) is 0 Å². The van der Waals surface area contributed by atoms with Crippen molar-refractivity contribution in [1.82, 2.24) is 19.9 Å². The third kappa shape index (κ3) is 3.24. The predicted molar refractivity (Wildman–Crippen MR) is 87.4 cm³/mol. The number of hydrogen-bond donors (Lipinski definition) is 1. The Morgan fingerprint density at radius 3 is 2.14 bits per heavy atom. The molecule has 116 valence electrons. The van der Waals surface area contributed by atoms with Crippen molar-refractivity contribution in [2.75, 3.05) is 47.8 Å². The Balaban J connectivity index is 1.65. The largest absolute Gasteiger partial charge is 0.354 e. The molecule has 1 N–H and O–H groups in total. The summed E-state index contributed by atoms with van der Waals surface area (Å²) >= 11 is 0. The molecule has 1 saturated heterocycles. The van der Waals surface area contributed by atoms with E-state index < -0.39 is 0 Å². The zero-order chi connectivity index (χ0) is 15.4. The maximum atomic E-state index is 4.56. The molecule has 0 unspecified atom stereocenters. The SMILES string of the molecule is CCNc1nccc(N2CCN(c3ccnc(C)n3)CC2)n1. The van der Waals surface area contributed by atoms with Gasteiger partial charge in [-0.25, -0.2) is 15.0 Å². The Bertz CT molecular complexity index is 623. The van der Waals surface area contributed by atoms with Gasteiger partial charge in [0.05, 0.1) is 0 Å². The molecule has 2 aromatic rings. The molecule has 0 amide bonds. The van der Waals surface area contributed by atoms with E-state index >= 15 is 0 Å². The molecular weight excluding hydrogens is 278 g/mol. The number of aromatic nitrogens is 4. The molecule has 0 spiro atoms. The van der Waals surface area contributed by atoms with Crippen LogP contribution in [0.5, 0.6) is 0 Å². The van der Waals surface area contributed by atoms with Crippen LogP contribution >= 0.6 is 0 Å². The summed E-state index contributed by atoms with van der Waals surface area (Å²) in [6.45, 7) is 8.48. The average molecular weight is 299 g/mol. The summed E-state index contributed by atoms with van der Waals surface area (Å²) in [5, 5.41) is 3.15. The predicted octanol–water partition coefficient (Wildman–Crippen LogP) is 1.33. The van der Waals surface area contributed by atoms with Crippen molar-refractivity contribution >= 4 is 17.6 Å². The van der Waals surface area contributed by atoms with Crippen LogP contribution in [0.1, 0.15) is 12.7 Å². The summed E-state index contributed by atoms with van der Waals surface area (Å²) in [5.41, 5.74) is 0. The second-order valence-electron chi connectivity index (χ2n) is 5.20. The molecule has 3 rings (SSSR count).